The zero-order chi connectivity index (χ0) is 19.0. The topological polar surface area (TPSA) is 65.6 Å². The van der Waals surface area contributed by atoms with Crippen LogP contribution in [0, 0.1) is 5.92 Å². The molecule has 2 heterocycles. The van der Waals surface area contributed by atoms with Crippen LogP contribution in [0.15, 0.2) is 18.2 Å². The molecule has 144 valence electrons. The van der Waals surface area contributed by atoms with Crippen molar-refractivity contribution in [1.82, 2.24) is 14.8 Å². The molecule has 1 N–H and O–H groups in total. The van der Waals surface area contributed by atoms with E-state index >= 15 is 0 Å². The molecule has 1 aliphatic carbocycles. The highest BCUT2D eigenvalue weighted by molar-refractivity contribution is 6.31. The minimum absolute atomic E-state index is 0.00961. The third kappa shape index (κ3) is 3.50. The summed E-state index contributed by atoms with van der Waals surface area (Å²) < 4.78 is 5.04. The fraction of sp³-hybridized carbons (Fsp3) is 0.500. The number of aryl methyl sites for hydroxylation is 1. The van der Waals surface area contributed by atoms with Crippen LogP contribution in [-0.2, 0) is 22.4 Å². The maximum Gasteiger partial charge on any atom is 0.409 e. The molecular weight excluding hydrogens is 366 g/mol. The van der Waals surface area contributed by atoms with Crippen LogP contribution >= 0.6 is 11.6 Å². The molecule has 0 radical (unpaired) electrons. The summed E-state index contributed by atoms with van der Waals surface area (Å²) in [6.07, 6.45) is 2.18. The van der Waals surface area contributed by atoms with Gasteiger partial charge in [0.25, 0.3) is 0 Å². The van der Waals surface area contributed by atoms with E-state index in [0.29, 0.717) is 37.8 Å². The van der Waals surface area contributed by atoms with E-state index in [1.54, 1.807) is 11.8 Å². The molecule has 4 rings (SSSR count). The molecule has 7 heteroatoms. The van der Waals surface area contributed by atoms with Crippen molar-refractivity contribution >= 4 is 34.5 Å². The van der Waals surface area contributed by atoms with Gasteiger partial charge in [0.2, 0.25) is 5.91 Å². The molecule has 1 fully saturated rings. The number of piperazine rings is 1. The average Bonchev–Trinajstić information content (AvgIpc) is 3.05. The van der Waals surface area contributed by atoms with E-state index in [2.05, 4.69) is 4.98 Å². The largest absolute Gasteiger partial charge is 0.450 e. The number of nitrogens with zero attached hydrogens (tertiary/aromatic N) is 2. The molecule has 1 aromatic carbocycles. The molecular formula is C20H24ClN3O3. The van der Waals surface area contributed by atoms with Gasteiger partial charge in [-0.15, -0.1) is 0 Å². The van der Waals surface area contributed by atoms with Crippen LogP contribution < -0.4 is 0 Å². The highest BCUT2D eigenvalue weighted by atomic mass is 35.5. The summed E-state index contributed by atoms with van der Waals surface area (Å²) in [5, 5.41) is 1.84. The van der Waals surface area contributed by atoms with Crippen molar-refractivity contribution in [2.24, 2.45) is 5.92 Å². The molecule has 2 aliphatic rings. The lowest BCUT2D eigenvalue weighted by atomic mass is 9.85. The number of benzene rings is 1. The van der Waals surface area contributed by atoms with Crippen LogP contribution in [0.25, 0.3) is 10.9 Å². The van der Waals surface area contributed by atoms with E-state index in [0.717, 1.165) is 30.2 Å². The van der Waals surface area contributed by atoms with Crippen molar-refractivity contribution in [2.75, 3.05) is 32.8 Å². The molecule has 1 unspecified atom stereocenters. The van der Waals surface area contributed by atoms with Crippen LogP contribution in [0.1, 0.15) is 24.6 Å². The van der Waals surface area contributed by atoms with Gasteiger partial charge < -0.3 is 19.5 Å². The molecule has 27 heavy (non-hydrogen) atoms. The van der Waals surface area contributed by atoms with Crippen molar-refractivity contribution in [3.63, 3.8) is 0 Å². The predicted octanol–water partition coefficient (Wildman–Crippen LogP) is 3.23. The lowest BCUT2D eigenvalue weighted by Gasteiger charge is -2.36. The first kappa shape index (κ1) is 18.2. The molecule has 2 amide bonds. The summed E-state index contributed by atoms with van der Waals surface area (Å²) in [5.41, 5.74) is 3.53. The van der Waals surface area contributed by atoms with Crippen molar-refractivity contribution in [2.45, 2.75) is 26.2 Å². The number of amides is 2. The second-order valence-electron chi connectivity index (χ2n) is 7.22. The lowest BCUT2D eigenvalue weighted by molar-refractivity contribution is -0.137. The smallest absolute Gasteiger partial charge is 0.409 e. The molecule has 1 aliphatic heterocycles. The van der Waals surface area contributed by atoms with Gasteiger partial charge in [0, 0.05) is 53.7 Å². The highest BCUT2D eigenvalue weighted by Gasteiger charge is 2.32. The quantitative estimate of drug-likeness (QED) is 0.857. The monoisotopic (exact) mass is 389 g/mol. The summed E-state index contributed by atoms with van der Waals surface area (Å²) in [6.45, 7) is 4.38. The van der Waals surface area contributed by atoms with Crippen molar-refractivity contribution in [1.29, 1.82) is 0 Å². The van der Waals surface area contributed by atoms with Crippen LogP contribution in [0.4, 0.5) is 4.79 Å². The van der Waals surface area contributed by atoms with Gasteiger partial charge >= 0.3 is 6.09 Å². The Balaban J connectivity index is 1.43. The molecule has 0 bridgehead atoms. The molecule has 1 atom stereocenters. The number of aromatic nitrogens is 1. The molecule has 1 saturated heterocycles. The number of fused-ring (bicyclic) bond motifs is 3. The van der Waals surface area contributed by atoms with Gasteiger partial charge in [0.1, 0.15) is 0 Å². The van der Waals surface area contributed by atoms with Gasteiger partial charge in [0.05, 0.1) is 6.61 Å². The number of carbonyl (C=O) groups excluding carboxylic acids is 2. The second-order valence-corrected chi connectivity index (χ2v) is 7.66. The molecule has 2 aromatic rings. The number of halogens is 1. The van der Waals surface area contributed by atoms with Gasteiger partial charge in [-0.1, -0.05) is 11.6 Å². The molecule has 0 saturated carbocycles. The summed E-state index contributed by atoms with van der Waals surface area (Å²) in [7, 11) is 0. The predicted molar refractivity (Wildman–Crippen MR) is 104 cm³/mol. The number of hydrogen-bond donors (Lipinski definition) is 1. The summed E-state index contributed by atoms with van der Waals surface area (Å²) >= 11 is 6.17. The number of nitrogens with one attached hydrogen (secondary N) is 1. The van der Waals surface area contributed by atoms with Crippen LogP contribution in [-0.4, -0.2) is 59.6 Å². The van der Waals surface area contributed by atoms with E-state index in [1.165, 1.54) is 11.3 Å². The third-order valence-electron chi connectivity index (χ3n) is 5.62. The number of carbonyl (C=O) groups is 2. The Bertz CT molecular complexity index is 871. The Hall–Kier alpha value is -2.21. The molecule has 6 nitrogen and oxygen atoms in total. The third-order valence-corrected chi connectivity index (χ3v) is 5.85. The van der Waals surface area contributed by atoms with Gasteiger partial charge in [-0.3, -0.25) is 4.79 Å². The lowest BCUT2D eigenvalue weighted by Crippen LogP contribution is -2.52. The Morgan fingerprint density at radius 1 is 1.22 bits per heavy atom. The van der Waals surface area contributed by atoms with Gasteiger partial charge in [-0.05, 0) is 49.9 Å². The number of hydrogen-bond acceptors (Lipinski definition) is 3. The second kappa shape index (κ2) is 7.43. The Labute approximate surface area is 163 Å². The van der Waals surface area contributed by atoms with Crippen molar-refractivity contribution < 1.29 is 14.3 Å². The summed E-state index contributed by atoms with van der Waals surface area (Å²) in [4.78, 5) is 31.9. The first-order valence-electron chi connectivity index (χ1n) is 9.56. The summed E-state index contributed by atoms with van der Waals surface area (Å²) in [5.74, 6) is 0.185. The average molecular weight is 390 g/mol. The number of H-pyrrole nitrogens is 1. The normalized spacial score (nSPS) is 19.9. The maximum atomic E-state index is 13.0. The SMILES string of the molecule is CCOC(=O)N1CCN(C(=O)C2CCc3[nH]c4ccc(Cl)cc4c3C2)CC1. The standard InChI is InChI=1S/C20H24ClN3O3/c1-2-27-20(26)24-9-7-23(8-10-24)19(25)13-3-5-17-15(11-13)16-12-14(21)4-6-18(16)22-17/h4,6,12-13,22H,2-3,5,7-11H2,1H3. The van der Waals surface area contributed by atoms with Gasteiger partial charge in [0.15, 0.2) is 0 Å². The number of aromatic amines is 1. The van der Waals surface area contributed by atoms with Crippen molar-refractivity contribution in [3.8, 4) is 0 Å². The fourth-order valence-corrected chi connectivity index (χ4v) is 4.35. The van der Waals surface area contributed by atoms with E-state index in [1.807, 2.05) is 23.1 Å². The van der Waals surface area contributed by atoms with Crippen LogP contribution in [0.2, 0.25) is 5.02 Å². The Morgan fingerprint density at radius 3 is 2.70 bits per heavy atom. The van der Waals surface area contributed by atoms with Crippen molar-refractivity contribution in [3.05, 3.63) is 34.5 Å². The van der Waals surface area contributed by atoms with E-state index in [-0.39, 0.29) is 17.9 Å². The zero-order valence-corrected chi connectivity index (χ0v) is 16.2. The van der Waals surface area contributed by atoms with E-state index in [9.17, 15) is 9.59 Å². The van der Waals surface area contributed by atoms with Crippen LogP contribution in [0.3, 0.4) is 0 Å². The summed E-state index contributed by atoms with van der Waals surface area (Å²) in [6, 6.07) is 5.87. The molecule has 1 aromatic heterocycles. The van der Waals surface area contributed by atoms with E-state index in [4.69, 9.17) is 16.3 Å². The number of rotatable bonds is 2. The fourth-order valence-electron chi connectivity index (χ4n) is 4.18. The zero-order valence-electron chi connectivity index (χ0n) is 15.5. The highest BCUT2D eigenvalue weighted by Crippen LogP contribution is 2.34. The van der Waals surface area contributed by atoms with Gasteiger partial charge in [-0.25, -0.2) is 4.79 Å². The van der Waals surface area contributed by atoms with Gasteiger partial charge in [-0.2, -0.15) is 0 Å². The maximum absolute atomic E-state index is 13.0. The van der Waals surface area contributed by atoms with E-state index < -0.39 is 0 Å². The Morgan fingerprint density at radius 2 is 1.96 bits per heavy atom. The minimum atomic E-state index is -0.289. The minimum Gasteiger partial charge on any atom is -0.450 e. The number of ether oxygens (including phenoxy) is 1. The molecule has 0 spiro atoms. The first-order chi connectivity index (χ1) is 13.1. The first-order valence-corrected chi connectivity index (χ1v) is 9.94. The van der Waals surface area contributed by atoms with Crippen LogP contribution in [0.5, 0.6) is 0 Å². The Kier molecular flexibility index (Phi) is 5.00.